The van der Waals surface area contributed by atoms with Gasteiger partial charge in [0.25, 0.3) is 0 Å². The SMILES string of the molecule is CCCCCCCCCCCCCCC(Cc1ccccc1)[C](C)C. The Morgan fingerprint density at radius 3 is 1.64 bits per heavy atom. The van der Waals surface area contributed by atoms with Crippen molar-refractivity contribution in [2.45, 2.75) is 111 Å². The van der Waals surface area contributed by atoms with Crippen LogP contribution in [0.2, 0.25) is 0 Å². The topological polar surface area (TPSA) is 0 Å². The third kappa shape index (κ3) is 12.2. The number of hydrogen-bond acceptors (Lipinski definition) is 0. The van der Waals surface area contributed by atoms with Crippen molar-refractivity contribution in [1.29, 1.82) is 0 Å². The maximum atomic E-state index is 2.31. The first-order valence-electron chi connectivity index (χ1n) is 11.1. The summed E-state index contributed by atoms with van der Waals surface area (Å²) in [5, 5.41) is 0. The summed E-state index contributed by atoms with van der Waals surface area (Å²) in [5.41, 5.74) is 1.49. The second kappa shape index (κ2) is 15.5. The molecule has 1 radical (unpaired) electrons. The quantitative estimate of drug-likeness (QED) is 0.264. The Morgan fingerprint density at radius 1 is 0.680 bits per heavy atom. The van der Waals surface area contributed by atoms with Crippen molar-refractivity contribution < 1.29 is 0 Å². The summed E-state index contributed by atoms with van der Waals surface area (Å²) in [7, 11) is 0. The van der Waals surface area contributed by atoms with E-state index in [-0.39, 0.29) is 0 Å². The highest BCUT2D eigenvalue weighted by molar-refractivity contribution is 5.16. The fourth-order valence-electron chi connectivity index (χ4n) is 3.73. The average molecular weight is 344 g/mol. The van der Waals surface area contributed by atoms with E-state index in [1.165, 1.54) is 95.5 Å². The van der Waals surface area contributed by atoms with Gasteiger partial charge >= 0.3 is 0 Å². The van der Waals surface area contributed by atoms with Crippen molar-refractivity contribution in [1.82, 2.24) is 0 Å². The lowest BCUT2D eigenvalue weighted by atomic mass is 9.85. The number of rotatable bonds is 16. The summed E-state index contributed by atoms with van der Waals surface area (Å²) in [5.74, 6) is 2.37. The van der Waals surface area contributed by atoms with Gasteiger partial charge in [-0.1, -0.05) is 128 Å². The van der Waals surface area contributed by atoms with Crippen LogP contribution in [0.15, 0.2) is 30.3 Å². The van der Waals surface area contributed by atoms with Crippen LogP contribution in [0.4, 0.5) is 0 Å². The molecule has 0 heterocycles. The van der Waals surface area contributed by atoms with Crippen LogP contribution in [0, 0.1) is 11.8 Å². The monoisotopic (exact) mass is 343 g/mol. The Kier molecular flexibility index (Phi) is 13.8. The molecule has 1 aromatic rings. The zero-order valence-electron chi connectivity index (χ0n) is 17.4. The number of hydrogen-bond donors (Lipinski definition) is 0. The second-order valence-corrected chi connectivity index (χ2v) is 8.14. The third-order valence-corrected chi connectivity index (χ3v) is 5.55. The number of benzene rings is 1. The summed E-state index contributed by atoms with van der Waals surface area (Å²) in [6, 6.07) is 11.0. The molecule has 0 nitrogen and oxygen atoms in total. The molecular weight excluding hydrogens is 300 g/mol. The Bertz CT molecular complexity index is 378. The molecule has 0 saturated heterocycles. The van der Waals surface area contributed by atoms with Gasteiger partial charge < -0.3 is 0 Å². The van der Waals surface area contributed by atoms with Crippen molar-refractivity contribution in [3.8, 4) is 0 Å². The summed E-state index contributed by atoms with van der Waals surface area (Å²) in [4.78, 5) is 0. The highest BCUT2D eigenvalue weighted by Crippen LogP contribution is 2.25. The molecule has 0 aliphatic heterocycles. The van der Waals surface area contributed by atoms with Gasteiger partial charge in [0, 0.05) is 0 Å². The third-order valence-electron chi connectivity index (χ3n) is 5.55. The van der Waals surface area contributed by atoms with E-state index >= 15 is 0 Å². The molecule has 0 N–H and O–H groups in total. The van der Waals surface area contributed by atoms with E-state index in [0.717, 1.165) is 5.92 Å². The van der Waals surface area contributed by atoms with Gasteiger partial charge in [-0.05, 0) is 30.2 Å². The van der Waals surface area contributed by atoms with Crippen LogP contribution >= 0.6 is 0 Å². The lowest BCUT2D eigenvalue weighted by molar-refractivity contribution is 0.460. The van der Waals surface area contributed by atoms with E-state index in [4.69, 9.17) is 0 Å². The normalized spacial score (nSPS) is 12.6. The van der Waals surface area contributed by atoms with Gasteiger partial charge in [-0.3, -0.25) is 0 Å². The molecule has 25 heavy (non-hydrogen) atoms. The molecule has 1 rings (SSSR count). The summed E-state index contributed by atoms with van der Waals surface area (Å²) < 4.78 is 0. The summed E-state index contributed by atoms with van der Waals surface area (Å²) in [6.07, 6.45) is 19.9. The van der Waals surface area contributed by atoms with Crippen LogP contribution in [0.25, 0.3) is 0 Å². The summed E-state index contributed by atoms with van der Waals surface area (Å²) in [6.45, 7) is 6.92. The lowest BCUT2D eigenvalue weighted by Gasteiger charge is -2.20. The van der Waals surface area contributed by atoms with Crippen LogP contribution in [0.3, 0.4) is 0 Å². The smallest absolute Gasteiger partial charge is 0.0245 e. The molecule has 143 valence electrons. The lowest BCUT2D eigenvalue weighted by Crippen LogP contribution is -2.10. The van der Waals surface area contributed by atoms with Crippen molar-refractivity contribution in [2.75, 3.05) is 0 Å². The average Bonchev–Trinajstić information content (AvgIpc) is 2.62. The van der Waals surface area contributed by atoms with Crippen molar-refractivity contribution in [3.63, 3.8) is 0 Å². The molecule has 0 saturated carbocycles. The molecule has 1 unspecified atom stereocenters. The first kappa shape index (κ1) is 22.3. The molecule has 0 spiro atoms. The van der Waals surface area contributed by atoms with Gasteiger partial charge in [0.15, 0.2) is 0 Å². The van der Waals surface area contributed by atoms with Gasteiger partial charge in [0.1, 0.15) is 0 Å². The Balaban J connectivity index is 1.98. The van der Waals surface area contributed by atoms with Crippen LogP contribution in [0.5, 0.6) is 0 Å². The molecule has 0 aliphatic carbocycles. The maximum absolute atomic E-state index is 2.31. The Hall–Kier alpha value is -0.780. The molecule has 0 fully saturated rings. The van der Waals surface area contributed by atoms with E-state index in [2.05, 4.69) is 51.1 Å². The minimum absolute atomic E-state index is 0.769. The van der Waals surface area contributed by atoms with E-state index < -0.39 is 0 Å². The molecule has 1 atom stereocenters. The molecule has 0 aliphatic rings. The summed E-state index contributed by atoms with van der Waals surface area (Å²) >= 11 is 0. The molecule has 0 amide bonds. The zero-order valence-corrected chi connectivity index (χ0v) is 17.4. The zero-order chi connectivity index (χ0) is 18.2. The van der Waals surface area contributed by atoms with Crippen molar-refractivity contribution in [2.24, 2.45) is 5.92 Å². The van der Waals surface area contributed by atoms with Gasteiger partial charge in [-0.25, -0.2) is 0 Å². The van der Waals surface area contributed by atoms with Crippen LogP contribution < -0.4 is 0 Å². The van der Waals surface area contributed by atoms with E-state index in [1.54, 1.807) is 5.92 Å². The maximum Gasteiger partial charge on any atom is -0.0245 e. The fourth-order valence-corrected chi connectivity index (χ4v) is 3.73. The highest BCUT2D eigenvalue weighted by atomic mass is 14.2. The van der Waals surface area contributed by atoms with Gasteiger partial charge in [-0.2, -0.15) is 0 Å². The second-order valence-electron chi connectivity index (χ2n) is 8.14. The molecule has 0 heteroatoms. The molecule has 1 aromatic carbocycles. The first-order valence-corrected chi connectivity index (χ1v) is 11.1. The van der Waals surface area contributed by atoms with Crippen LogP contribution in [-0.4, -0.2) is 0 Å². The van der Waals surface area contributed by atoms with E-state index in [1.807, 2.05) is 0 Å². The minimum Gasteiger partial charge on any atom is -0.0654 e. The predicted octanol–water partition coefficient (Wildman–Crippen LogP) is 8.55. The first-order chi connectivity index (χ1) is 12.2. The van der Waals surface area contributed by atoms with Gasteiger partial charge in [0.2, 0.25) is 0 Å². The van der Waals surface area contributed by atoms with Crippen LogP contribution in [0.1, 0.15) is 110 Å². The molecule has 0 bridgehead atoms. The number of unbranched alkanes of at least 4 members (excludes halogenated alkanes) is 11. The van der Waals surface area contributed by atoms with E-state index in [0.29, 0.717) is 0 Å². The van der Waals surface area contributed by atoms with Gasteiger partial charge in [-0.15, -0.1) is 0 Å². The van der Waals surface area contributed by atoms with Gasteiger partial charge in [0.05, 0.1) is 0 Å². The Morgan fingerprint density at radius 2 is 1.16 bits per heavy atom. The standard InChI is InChI=1S/C25H43/c1-4-5-6-7-8-9-10-11-12-13-14-18-21-25(23(2)3)22-24-19-16-15-17-20-24/h15-17,19-20,25H,4-14,18,21-22H2,1-3H3. The predicted molar refractivity (Wildman–Crippen MR) is 114 cm³/mol. The fraction of sp³-hybridized carbons (Fsp3) is 0.720. The van der Waals surface area contributed by atoms with Crippen molar-refractivity contribution >= 4 is 0 Å². The largest absolute Gasteiger partial charge is 0.0654 e. The highest BCUT2D eigenvalue weighted by Gasteiger charge is 2.14. The van der Waals surface area contributed by atoms with Crippen LogP contribution in [-0.2, 0) is 6.42 Å². The molecular formula is C25H43. The molecule has 0 aromatic heterocycles. The minimum atomic E-state index is 0.769. The van der Waals surface area contributed by atoms with Crippen molar-refractivity contribution in [3.05, 3.63) is 41.8 Å². The Labute approximate surface area is 158 Å². The van der Waals surface area contributed by atoms with E-state index in [9.17, 15) is 0 Å².